The van der Waals surface area contributed by atoms with Crippen LogP contribution < -0.4 is 24.8 Å². The third-order valence-electron chi connectivity index (χ3n) is 6.47. The molecule has 1 heterocycles. The molecule has 1 aliphatic carbocycles. The molecule has 3 N–H and O–H groups in total. The Morgan fingerprint density at radius 2 is 1.55 bits per heavy atom. The fraction of sp³-hybridized carbons (Fsp3) is 0.172. The van der Waals surface area contributed by atoms with Crippen molar-refractivity contribution in [2.75, 3.05) is 24.4 Å². The number of fused-ring (bicyclic) bond motifs is 1. The Bertz CT molecular complexity index is 1660. The van der Waals surface area contributed by atoms with Crippen LogP contribution in [0.4, 0.5) is 20.2 Å². The number of methoxy groups -OCH3 is 1. The molecule has 1 aliphatic rings. The van der Waals surface area contributed by atoms with Crippen LogP contribution in [-0.2, 0) is 14.4 Å². The minimum absolute atomic E-state index is 0. The minimum atomic E-state index is -1.30. The van der Waals surface area contributed by atoms with Crippen LogP contribution in [0, 0.1) is 17.0 Å². The normalized spacial score (nSPS) is 12.9. The van der Waals surface area contributed by atoms with E-state index in [4.69, 9.17) is 19.3 Å². The number of carboxylic acid groups (broad SMARTS) is 1. The molecule has 0 unspecified atom stereocenters. The number of ether oxygens (including phenoxy) is 3. The van der Waals surface area contributed by atoms with Crippen molar-refractivity contribution in [1.82, 2.24) is 4.98 Å². The third kappa shape index (κ3) is 6.62. The first-order chi connectivity index (χ1) is 19.7. The van der Waals surface area contributed by atoms with Crippen LogP contribution in [0.1, 0.15) is 12.8 Å². The number of rotatable bonds is 10. The average molecular weight is 588 g/mol. The molecule has 1 aromatic heterocycles. The van der Waals surface area contributed by atoms with E-state index in [0.717, 1.165) is 6.07 Å². The molecule has 1 saturated carbocycles. The number of carbonyl (C=O) groups excluding carboxylic acids is 2. The van der Waals surface area contributed by atoms with Gasteiger partial charge >= 0.3 is 35.5 Å². The second kappa shape index (κ2) is 12.7. The number of aliphatic carboxylic acids is 1. The average Bonchev–Trinajstić information content (AvgIpc) is 3.77. The monoisotopic (exact) mass is 587 g/mol. The maximum absolute atomic E-state index is 15.1. The van der Waals surface area contributed by atoms with Crippen LogP contribution in [0.15, 0.2) is 66.9 Å². The Kier molecular flexibility index (Phi) is 9.30. The van der Waals surface area contributed by atoms with E-state index in [-0.39, 0.29) is 58.2 Å². The number of hydrogen-bond donors (Lipinski definition) is 3. The standard InChI is InChI=1S/C29H23F2N3O7.Na.H/c1-39-24-13-19-21(14-25(24)40-15-26(35)36)32-11-8-22(19)41-23-7-6-18(12-20(23)31)34-28(38)29(9-10-29)27(37)33-17-4-2-16(30)3-5-17;;/h2-8,11-14H,9-10,15H2,1H3,(H,33,37)(H,34,38)(H,35,36);;. The molecule has 2 amide bonds. The van der Waals surface area contributed by atoms with Crippen LogP contribution in [0.25, 0.3) is 10.9 Å². The number of aromatic nitrogens is 1. The quantitative estimate of drug-likeness (QED) is 0.183. The zero-order valence-corrected chi connectivity index (χ0v) is 21.6. The van der Waals surface area contributed by atoms with Gasteiger partial charge in [0.05, 0.1) is 12.6 Å². The molecule has 5 rings (SSSR count). The van der Waals surface area contributed by atoms with E-state index in [0.29, 0.717) is 29.4 Å². The van der Waals surface area contributed by atoms with Gasteiger partial charge in [0, 0.05) is 35.1 Å². The second-order valence-corrected chi connectivity index (χ2v) is 9.26. The predicted octanol–water partition coefficient (Wildman–Crippen LogP) is 4.49. The van der Waals surface area contributed by atoms with Gasteiger partial charge in [-0.05, 0) is 61.4 Å². The van der Waals surface area contributed by atoms with E-state index in [1.165, 1.54) is 67.9 Å². The molecular formula is C29H24F2N3NaO7. The molecule has 1 fully saturated rings. The van der Waals surface area contributed by atoms with Crippen molar-refractivity contribution < 1.29 is 42.5 Å². The number of nitrogens with one attached hydrogen (secondary N) is 2. The summed E-state index contributed by atoms with van der Waals surface area (Å²) >= 11 is 0. The van der Waals surface area contributed by atoms with Gasteiger partial charge in [0.1, 0.15) is 17.0 Å². The van der Waals surface area contributed by atoms with Crippen molar-refractivity contribution in [3.8, 4) is 23.0 Å². The fourth-order valence-electron chi connectivity index (χ4n) is 4.13. The number of hydrogen-bond acceptors (Lipinski definition) is 7. The Morgan fingerprint density at radius 1 is 0.881 bits per heavy atom. The summed E-state index contributed by atoms with van der Waals surface area (Å²) in [6.45, 7) is -0.577. The van der Waals surface area contributed by atoms with Gasteiger partial charge in [-0.25, -0.2) is 13.6 Å². The van der Waals surface area contributed by atoms with Gasteiger partial charge in [-0.3, -0.25) is 14.6 Å². The van der Waals surface area contributed by atoms with Gasteiger partial charge < -0.3 is 30.0 Å². The van der Waals surface area contributed by atoms with Gasteiger partial charge in [0.15, 0.2) is 29.7 Å². The van der Waals surface area contributed by atoms with Gasteiger partial charge in [-0.15, -0.1) is 0 Å². The first kappa shape index (κ1) is 30.7. The molecular weight excluding hydrogens is 563 g/mol. The number of benzene rings is 3. The summed E-state index contributed by atoms with van der Waals surface area (Å²) in [5, 5.41) is 14.5. The molecule has 0 saturated heterocycles. The first-order valence-corrected chi connectivity index (χ1v) is 12.4. The van der Waals surface area contributed by atoms with Crippen molar-refractivity contribution in [2.24, 2.45) is 5.41 Å². The molecule has 0 bridgehead atoms. The molecule has 0 spiro atoms. The molecule has 10 nitrogen and oxygen atoms in total. The molecule has 212 valence electrons. The maximum atomic E-state index is 15.1. The number of pyridine rings is 1. The number of amides is 2. The van der Waals surface area contributed by atoms with Gasteiger partial charge in [0.25, 0.3) is 0 Å². The van der Waals surface area contributed by atoms with E-state index < -0.39 is 41.4 Å². The Labute approximate surface area is 260 Å². The summed E-state index contributed by atoms with van der Waals surface area (Å²) in [5.41, 5.74) is -0.431. The zero-order valence-electron chi connectivity index (χ0n) is 21.6. The van der Waals surface area contributed by atoms with Crippen LogP contribution >= 0.6 is 0 Å². The summed E-state index contributed by atoms with van der Waals surface area (Å²) in [6.07, 6.45) is 2.07. The third-order valence-corrected chi connectivity index (χ3v) is 6.47. The van der Waals surface area contributed by atoms with E-state index >= 15 is 4.39 Å². The van der Waals surface area contributed by atoms with Crippen LogP contribution in [0.3, 0.4) is 0 Å². The molecule has 13 heteroatoms. The molecule has 0 aliphatic heterocycles. The summed E-state index contributed by atoms with van der Waals surface area (Å²) in [4.78, 5) is 40.8. The Balaban J connectivity index is 0.00000405. The van der Waals surface area contributed by atoms with Gasteiger partial charge in [0.2, 0.25) is 11.8 Å². The summed E-state index contributed by atoms with van der Waals surface area (Å²) in [5.74, 6) is -3.01. The van der Waals surface area contributed by atoms with E-state index in [9.17, 15) is 18.8 Å². The molecule has 0 atom stereocenters. The van der Waals surface area contributed by atoms with Crippen molar-refractivity contribution in [1.29, 1.82) is 0 Å². The number of nitrogens with zero attached hydrogens (tertiary/aromatic N) is 1. The Morgan fingerprint density at radius 3 is 2.17 bits per heavy atom. The van der Waals surface area contributed by atoms with Crippen molar-refractivity contribution in [3.63, 3.8) is 0 Å². The summed E-state index contributed by atoms with van der Waals surface area (Å²) < 4.78 is 44.6. The number of anilines is 2. The van der Waals surface area contributed by atoms with E-state index in [1.807, 2.05) is 0 Å². The molecule has 0 radical (unpaired) electrons. The van der Waals surface area contributed by atoms with Crippen LogP contribution in [-0.4, -0.2) is 71.1 Å². The molecule has 42 heavy (non-hydrogen) atoms. The van der Waals surface area contributed by atoms with Crippen molar-refractivity contribution in [2.45, 2.75) is 12.8 Å². The second-order valence-electron chi connectivity index (χ2n) is 9.26. The topological polar surface area (TPSA) is 136 Å². The predicted molar refractivity (Wildman–Crippen MR) is 150 cm³/mol. The van der Waals surface area contributed by atoms with Crippen LogP contribution in [0.2, 0.25) is 0 Å². The molecule has 4 aromatic rings. The fourth-order valence-corrected chi connectivity index (χ4v) is 4.13. The zero-order chi connectivity index (χ0) is 29.1. The number of carboxylic acids is 1. The summed E-state index contributed by atoms with van der Waals surface area (Å²) in [6, 6.07) is 13.6. The number of halogens is 2. The SMILES string of the molecule is COc1cc2c(Oc3ccc(NC(=O)C4(C(=O)Nc5ccc(F)cc5)CC4)cc3F)ccnc2cc1OCC(=O)O.[NaH]. The number of carbonyl (C=O) groups is 3. The summed E-state index contributed by atoms with van der Waals surface area (Å²) in [7, 11) is 1.39. The van der Waals surface area contributed by atoms with Crippen molar-refractivity contribution in [3.05, 3.63) is 78.5 Å². The molecule has 3 aromatic carbocycles. The van der Waals surface area contributed by atoms with Crippen molar-refractivity contribution >= 4 is 69.6 Å². The van der Waals surface area contributed by atoms with E-state index in [2.05, 4.69) is 15.6 Å². The van der Waals surface area contributed by atoms with Gasteiger partial charge in [-0.1, -0.05) is 0 Å². The van der Waals surface area contributed by atoms with Gasteiger partial charge in [-0.2, -0.15) is 0 Å². The van der Waals surface area contributed by atoms with Crippen LogP contribution in [0.5, 0.6) is 23.0 Å². The van der Waals surface area contributed by atoms with E-state index in [1.54, 1.807) is 0 Å². The first-order valence-electron chi connectivity index (χ1n) is 12.4. The Hall–Kier alpha value is -4.26.